The molecule has 1 fully saturated rings. The van der Waals surface area contributed by atoms with Crippen molar-refractivity contribution in [3.63, 3.8) is 0 Å². The van der Waals surface area contributed by atoms with Gasteiger partial charge in [-0.15, -0.1) is 0 Å². The fraction of sp³-hybridized carbons (Fsp3) is 0.542. The van der Waals surface area contributed by atoms with Crippen LogP contribution in [-0.4, -0.2) is 46.3 Å². The zero-order valence-corrected chi connectivity index (χ0v) is 18.8. The van der Waals surface area contributed by atoms with Crippen LogP contribution in [0.5, 0.6) is 0 Å². The van der Waals surface area contributed by atoms with E-state index in [2.05, 4.69) is 26.8 Å². The number of amides is 1. The number of carbonyl (C=O) groups is 2. The van der Waals surface area contributed by atoms with Crippen LogP contribution < -0.4 is 0 Å². The summed E-state index contributed by atoms with van der Waals surface area (Å²) < 4.78 is 7.09. The number of ether oxygens (including phenoxy) is 1. The second kappa shape index (κ2) is 9.45. The summed E-state index contributed by atoms with van der Waals surface area (Å²) >= 11 is 0. The van der Waals surface area contributed by atoms with Gasteiger partial charge < -0.3 is 9.64 Å². The molecule has 0 radical (unpaired) electrons. The van der Waals surface area contributed by atoms with Gasteiger partial charge in [-0.3, -0.25) is 9.59 Å². The van der Waals surface area contributed by atoms with Crippen molar-refractivity contribution in [1.29, 1.82) is 0 Å². The van der Waals surface area contributed by atoms with Crippen molar-refractivity contribution in [3.8, 4) is 5.69 Å². The molecule has 0 bridgehead atoms. The van der Waals surface area contributed by atoms with Crippen molar-refractivity contribution >= 4 is 11.9 Å². The SMILES string of the molecule is CCOC(=O)[C@H]1CCCN(C(=O)c2c(CC(C)C)nn(-c3ccccc3C)c2C)C1. The van der Waals surface area contributed by atoms with Crippen LogP contribution >= 0.6 is 0 Å². The third-order valence-electron chi connectivity index (χ3n) is 5.68. The van der Waals surface area contributed by atoms with Crippen LogP contribution in [0, 0.1) is 25.7 Å². The van der Waals surface area contributed by atoms with E-state index in [0.717, 1.165) is 41.9 Å². The molecular weight excluding hydrogens is 378 g/mol. The maximum Gasteiger partial charge on any atom is 0.310 e. The Labute approximate surface area is 179 Å². The van der Waals surface area contributed by atoms with Crippen molar-refractivity contribution in [1.82, 2.24) is 14.7 Å². The van der Waals surface area contributed by atoms with Crippen molar-refractivity contribution in [2.45, 2.75) is 53.9 Å². The van der Waals surface area contributed by atoms with Crippen LogP contribution in [0.4, 0.5) is 0 Å². The number of carbonyl (C=O) groups excluding carboxylic acids is 2. The number of hydrogen-bond donors (Lipinski definition) is 0. The molecule has 6 heteroatoms. The number of piperidine rings is 1. The molecule has 3 rings (SSSR count). The summed E-state index contributed by atoms with van der Waals surface area (Å²) in [6, 6.07) is 8.07. The number of aromatic nitrogens is 2. The van der Waals surface area contributed by atoms with E-state index in [1.54, 1.807) is 4.90 Å². The lowest BCUT2D eigenvalue weighted by Gasteiger charge is -2.31. The first-order valence-corrected chi connectivity index (χ1v) is 10.9. The average molecular weight is 412 g/mol. The highest BCUT2D eigenvalue weighted by atomic mass is 16.5. The van der Waals surface area contributed by atoms with Crippen LogP contribution in [0.3, 0.4) is 0 Å². The lowest BCUT2D eigenvalue weighted by atomic mass is 9.96. The summed E-state index contributed by atoms with van der Waals surface area (Å²) in [6.07, 6.45) is 2.30. The Kier molecular flexibility index (Phi) is 6.95. The first kappa shape index (κ1) is 22.1. The highest BCUT2D eigenvalue weighted by Gasteiger charge is 2.33. The van der Waals surface area contributed by atoms with E-state index in [4.69, 9.17) is 9.84 Å². The molecule has 1 saturated heterocycles. The summed E-state index contributed by atoms with van der Waals surface area (Å²) in [6.45, 7) is 11.5. The van der Waals surface area contributed by atoms with Gasteiger partial charge in [0.25, 0.3) is 5.91 Å². The first-order chi connectivity index (χ1) is 14.3. The average Bonchev–Trinajstić information content (AvgIpc) is 3.03. The Morgan fingerprint density at radius 1 is 1.23 bits per heavy atom. The smallest absolute Gasteiger partial charge is 0.310 e. The molecule has 1 amide bonds. The second-order valence-corrected chi connectivity index (χ2v) is 8.55. The van der Waals surface area contributed by atoms with Gasteiger partial charge in [0.05, 0.1) is 35.2 Å². The van der Waals surface area contributed by atoms with Crippen LogP contribution in [0.25, 0.3) is 5.69 Å². The lowest BCUT2D eigenvalue weighted by molar-refractivity contribution is -0.149. The van der Waals surface area contributed by atoms with E-state index in [0.29, 0.717) is 31.2 Å². The summed E-state index contributed by atoms with van der Waals surface area (Å²) in [5, 5.41) is 4.86. The highest BCUT2D eigenvalue weighted by Crippen LogP contribution is 2.26. The number of rotatable bonds is 6. The minimum Gasteiger partial charge on any atom is -0.466 e. The fourth-order valence-corrected chi connectivity index (χ4v) is 4.18. The fourth-order valence-electron chi connectivity index (χ4n) is 4.18. The summed E-state index contributed by atoms with van der Waals surface area (Å²) in [7, 11) is 0. The molecule has 1 atom stereocenters. The molecule has 2 aromatic rings. The van der Waals surface area contributed by atoms with Gasteiger partial charge in [0, 0.05) is 13.1 Å². The zero-order chi connectivity index (χ0) is 21.8. The van der Waals surface area contributed by atoms with E-state index in [9.17, 15) is 9.59 Å². The molecule has 0 unspecified atom stereocenters. The van der Waals surface area contributed by atoms with Gasteiger partial charge in [-0.25, -0.2) is 4.68 Å². The second-order valence-electron chi connectivity index (χ2n) is 8.55. The molecular formula is C24H33N3O3. The normalized spacial score (nSPS) is 16.7. The topological polar surface area (TPSA) is 64.4 Å². The van der Waals surface area contributed by atoms with Crippen molar-refractivity contribution < 1.29 is 14.3 Å². The predicted molar refractivity (Wildman–Crippen MR) is 117 cm³/mol. The summed E-state index contributed by atoms with van der Waals surface area (Å²) in [5.74, 6) is -0.102. The molecule has 2 heterocycles. The van der Waals surface area contributed by atoms with Crippen molar-refractivity contribution in [3.05, 3.63) is 46.8 Å². The molecule has 0 aliphatic carbocycles. The number of hydrogen-bond acceptors (Lipinski definition) is 4. The Bertz CT molecular complexity index is 916. The molecule has 1 aromatic heterocycles. The van der Waals surface area contributed by atoms with Gasteiger partial charge in [0.15, 0.2) is 0 Å². The Balaban J connectivity index is 1.96. The van der Waals surface area contributed by atoms with Crippen molar-refractivity contribution in [2.24, 2.45) is 11.8 Å². The molecule has 0 saturated carbocycles. The summed E-state index contributed by atoms with van der Waals surface area (Å²) in [4.78, 5) is 27.6. The molecule has 1 aliphatic heterocycles. The van der Waals surface area contributed by atoms with Gasteiger partial charge in [0.2, 0.25) is 0 Å². The lowest BCUT2D eigenvalue weighted by Crippen LogP contribution is -2.43. The van der Waals surface area contributed by atoms with Gasteiger partial charge in [0.1, 0.15) is 0 Å². The number of likely N-dealkylation sites (tertiary alicyclic amines) is 1. The Hall–Kier alpha value is -2.63. The van der Waals surface area contributed by atoms with Gasteiger partial charge in [-0.05, 0) is 57.6 Å². The number of esters is 1. The van der Waals surface area contributed by atoms with E-state index >= 15 is 0 Å². The maximum absolute atomic E-state index is 13.6. The largest absolute Gasteiger partial charge is 0.466 e. The predicted octanol–water partition coefficient (Wildman–Crippen LogP) is 4.10. The van der Waals surface area contributed by atoms with Crippen LogP contribution in [0.15, 0.2) is 24.3 Å². The van der Waals surface area contributed by atoms with Crippen LogP contribution in [0.1, 0.15) is 60.9 Å². The molecule has 162 valence electrons. The molecule has 0 spiro atoms. The monoisotopic (exact) mass is 411 g/mol. The van der Waals surface area contributed by atoms with E-state index in [-0.39, 0.29) is 17.8 Å². The molecule has 0 N–H and O–H groups in total. The third kappa shape index (κ3) is 4.58. The van der Waals surface area contributed by atoms with Gasteiger partial charge >= 0.3 is 5.97 Å². The standard InChI is InChI=1S/C24H33N3O3/c1-6-30-24(29)19-11-9-13-26(15-19)23(28)22-18(5)27(25-20(22)14-16(2)3)21-12-8-7-10-17(21)4/h7-8,10,12,16,19H,6,9,11,13-15H2,1-5H3/t19-/m0/s1. The van der Waals surface area contributed by atoms with Crippen LogP contribution in [-0.2, 0) is 16.0 Å². The minimum atomic E-state index is -0.247. The minimum absolute atomic E-state index is 0.0306. The third-order valence-corrected chi connectivity index (χ3v) is 5.68. The number of benzene rings is 1. The maximum atomic E-state index is 13.6. The molecule has 30 heavy (non-hydrogen) atoms. The molecule has 1 aliphatic rings. The van der Waals surface area contributed by atoms with Gasteiger partial charge in [-0.1, -0.05) is 32.0 Å². The molecule has 1 aromatic carbocycles. The van der Waals surface area contributed by atoms with Crippen molar-refractivity contribution in [2.75, 3.05) is 19.7 Å². The quantitative estimate of drug-likeness (QED) is 0.671. The zero-order valence-electron chi connectivity index (χ0n) is 18.8. The Morgan fingerprint density at radius 2 is 1.97 bits per heavy atom. The number of nitrogens with zero attached hydrogens (tertiary/aromatic N) is 3. The van der Waals surface area contributed by atoms with Gasteiger partial charge in [-0.2, -0.15) is 5.10 Å². The Morgan fingerprint density at radius 3 is 2.63 bits per heavy atom. The van der Waals surface area contributed by atoms with E-state index < -0.39 is 0 Å². The first-order valence-electron chi connectivity index (χ1n) is 10.9. The molecule has 6 nitrogen and oxygen atoms in total. The number of aryl methyl sites for hydroxylation is 1. The van der Waals surface area contributed by atoms with E-state index in [1.165, 1.54) is 0 Å². The summed E-state index contributed by atoms with van der Waals surface area (Å²) in [5.41, 5.74) is 4.45. The number of para-hydroxylation sites is 1. The highest BCUT2D eigenvalue weighted by molar-refractivity contribution is 5.97. The van der Waals surface area contributed by atoms with E-state index in [1.807, 2.05) is 36.7 Å². The van der Waals surface area contributed by atoms with Crippen LogP contribution in [0.2, 0.25) is 0 Å².